The van der Waals surface area contributed by atoms with E-state index >= 15 is 0 Å². The molecule has 15 nitrogen and oxygen atoms in total. The second-order valence-corrected chi connectivity index (χ2v) is 20.4. The Kier molecular flexibility index (Phi) is 11.7. The number of para-hydroxylation sites is 1. The van der Waals surface area contributed by atoms with Crippen LogP contribution in [-0.2, 0) is 33.2 Å². The number of fused-ring (bicyclic) bond motifs is 2. The summed E-state index contributed by atoms with van der Waals surface area (Å²) in [6.07, 6.45) is 4.90. The summed E-state index contributed by atoms with van der Waals surface area (Å²) in [4.78, 5) is 59.8. The van der Waals surface area contributed by atoms with Gasteiger partial charge in [-0.3, -0.25) is 38.4 Å². The number of nitrogens with one attached hydrogen (secondary N) is 2. The number of likely N-dealkylation sites (tertiary alicyclic amines) is 2. The molecule has 5 aliphatic rings. The highest BCUT2D eigenvalue weighted by Gasteiger charge is 2.50. The molecule has 4 aliphatic heterocycles. The normalized spacial score (nSPS) is 24.4. The Morgan fingerprint density at radius 1 is 0.940 bits per heavy atom. The molecule has 3 N–H and O–H groups in total. The van der Waals surface area contributed by atoms with Gasteiger partial charge in [0.05, 0.1) is 40.4 Å². The van der Waals surface area contributed by atoms with Gasteiger partial charge in [0.2, 0.25) is 11.8 Å². The molecule has 1 aliphatic carbocycles. The third kappa shape index (κ3) is 8.93. The average Bonchev–Trinajstić information content (AvgIpc) is 3.97. The first kappa shape index (κ1) is 45.4. The summed E-state index contributed by atoms with van der Waals surface area (Å²) in [6, 6.07) is 12.1. The molecule has 5 aromatic rings. The van der Waals surface area contributed by atoms with E-state index in [0.29, 0.717) is 35.3 Å². The Hall–Kier alpha value is -5.43. The van der Waals surface area contributed by atoms with E-state index in [1.165, 1.54) is 6.07 Å². The van der Waals surface area contributed by atoms with E-state index < -0.39 is 35.3 Å². The zero-order valence-electron chi connectivity index (χ0n) is 38.1. The number of aryl methyl sites for hydroxylation is 1. The van der Waals surface area contributed by atoms with Crippen LogP contribution in [0.25, 0.3) is 21.9 Å². The number of nitrogens with zero attached hydrogens (tertiary/aromatic N) is 7. The zero-order valence-corrected chi connectivity index (χ0v) is 38.1. The largest absolute Gasteiger partial charge is 0.433 e. The summed E-state index contributed by atoms with van der Waals surface area (Å²) < 4.78 is 51.6. The molecule has 356 valence electrons. The van der Waals surface area contributed by atoms with Gasteiger partial charge in [-0.1, -0.05) is 18.2 Å². The second-order valence-electron chi connectivity index (χ2n) is 20.4. The number of ether oxygens (including phenoxy) is 1. The monoisotopic (exact) mass is 925 g/mol. The van der Waals surface area contributed by atoms with Gasteiger partial charge in [-0.2, -0.15) is 18.3 Å². The van der Waals surface area contributed by atoms with E-state index in [4.69, 9.17) is 9.84 Å². The number of imide groups is 1. The summed E-state index contributed by atoms with van der Waals surface area (Å²) in [7, 11) is 1.77. The quantitative estimate of drug-likeness (QED) is 0.136. The Balaban J connectivity index is 0.695. The third-order valence-corrected chi connectivity index (χ3v) is 15.1. The fourth-order valence-electron chi connectivity index (χ4n) is 11.7. The lowest BCUT2D eigenvalue weighted by Crippen LogP contribution is -2.62. The fourth-order valence-corrected chi connectivity index (χ4v) is 11.7. The highest BCUT2D eigenvalue weighted by atomic mass is 19.4. The minimum atomic E-state index is -4.69. The van der Waals surface area contributed by atoms with Crippen molar-refractivity contribution in [3.8, 4) is 0 Å². The predicted molar refractivity (Wildman–Crippen MR) is 243 cm³/mol. The molecule has 7 heterocycles. The molecular formula is C49H58F3N9O6. The first-order valence-electron chi connectivity index (χ1n) is 23.6. The van der Waals surface area contributed by atoms with Crippen LogP contribution < -0.4 is 16.3 Å². The molecule has 2 unspecified atom stereocenters. The van der Waals surface area contributed by atoms with Gasteiger partial charge in [-0.25, -0.2) is 9.78 Å². The number of rotatable bonds is 10. The third-order valence-electron chi connectivity index (χ3n) is 15.1. The van der Waals surface area contributed by atoms with Crippen LogP contribution in [0, 0.1) is 11.8 Å². The van der Waals surface area contributed by atoms with Crippen LogP contribution in [0.2, 0.25) is 0 Å². The molecule has 0 radical (unpaired) electrons. The van der Waals surface area contributed by atoms with Crippen molar-refractivity contribution in [1.82, 2.24) is 39.0 Å². The molecule has 67 heavy (non-hydrogen) atoms. The van der Waals surface area contributed by atoms with Gasteiger partial charge in [0, 0.05) is 62.5 Å². The van der Waals surface area contributed by atoms with Gasteiger partial charge in [0.15, 0.2) is 0 Å². The second kappa shape index (κ2) is 17.3. The minimum absolute atomic E-state index is 0.0601. The predicted octanol–water partition coefficient (Wildman–Crippen LogP) is 6.26. The Morgan fingerprint density at radius 3 is 2.39 bits per heavy atom. The van der Waals surface area contributed by atoms with Gasteiger partial charge in [-0.15, -0.1) is 0 Å². The molecule has 2 atom stereocenters. The smallest absolute Gasteiger partial charge is 0.386 e. The van der Waals surface area contributed by atoms with E-state index in [1.807, 2.05) is 23.0 Å². The van der Waals surface area contributed by atoms with E-state index in [0.717, 1.165) is 125 Å². The maximum Gasteiger partial charge on any atom is 0.433 e. The van der Waals surface area contributed by atoms with Crippen molar-refractivity contribution in [3.63, 3.8) is 0 Å². The first-order chi connectivity index (χ1) is 31.9. The van der Waals surface area contributed by atoms with Crippen LogP contribution >= 0.6 is 0 Å². The topological polar surface area (TPSA) is 169 Å². The summed E-state index contributed by atoms with van der Waals surface area (Å²) >= 11 is 0. The number of hydrogen-bond acceptors (Lipinski definition) is 10. The van der Waals surface area contributed by atoms with Gasteiger partial charge < -0.3 is 20.1 Å². The maximum absolute atomic E-state index is 13.5. The summed E-state index contributed by atoms with van der Waals surface area (Å²) in [5, 5.41) is 21.7. The number of alkyl halides is 3. The average molecular weight is 926 g/mol. The van der Waals surface area contributed by atoms with Crippen molar-refractivity contribution >= 4 is 45.3 Å². The molecule has 1 saturated carbocycles. The number of amides is 3. The van der Waals surface area contributed by atoms with Crippen LogP contribution in [0.5, 0.6) is 0 Å². The number of pyridine rings is 1. The molecule has 5 fully saturated rings. The van der Waals surface area contributed by atoms with Crippen molar-refractivity contribution in [1.29, 1.82) is 0 Å². The van der Waals surface area contributed by atoms with Crippen LogP contribution in [0.3, 0.4) is 0 Å². The number of anilines is 1. The summed E-state index contributed by atoms with van der Waals surface area (Å²) in [6.45, 7) is 9.88. The number of aromatic nitrogens is 5. The van der Waals surface area contributed by atoms with Crippen LogP contribution in [0.4, 0.5) is 18.9 Å². The first-order valence-corrected chi connectivity index (χ1v) is 23.6. The van der Waals surface area contributed by atoms with E-state index in [1.54, 1.807) is 42.2 Å². The lowest BCUT2D eigenvalue weighted by atomic mass is 9.82. The molecular weight excluding hydrogens is 868 g/mol. The number of piperidine rings is 2. The van der Waals surface area contributed by atoms with Crippen LogP contribution in [0.15, 0.2) is 59.5 Å². The van der Waals surface area contributed by atoms with Crippen LogP contribution in [0.1, 0.15) is 117 Å². The number of hydrogen-bond donors (Lipinski definition) is 3. The van der Waals surface area contributed by atoms with Crippen LogP contribution in [-0.4, -0.2) is 108 Å². The van der Waals surface area contributed by atoms with Crippen molar-refractivity contribution in [2.24, 2.45) is 18.9 Å². The van der Waals surface area contributed by atoms with Crippen molar-refractivity contribution in [2.45, 2.75) is 107 Å². The van der Waals surface area contributed by atoms with E-state index in [-0.39, 0.29) is 41.0 Å². The number of carbonyl (C=O) groups excluding carboxylic acids is 3. The Bertz CT molecular complexity index is 2790. The molecule has 3 aromatic heterocycles. The molecule has 1 spiro atoms. The molecule has 10 rings (SSSR count). The van der Waals surface area contributed by atoms with Gasteiger partial charge in [-0.05, 0) is 132 Å². The van der Waals surface area contributed by atoms with Crippen molar-refractivity contribution in [2.75, 3.05) is 51.2 Å². The summed E-state index contributed by atoms with van der Waals surface area (Å²) in [5.74, 6) is -0.164. The molecule has 18 heteroatoms. The number of halogens is 3. The Morgan fingerprint density at radius 2 is 1.67 bits per heavy atom. The minimum Gasteiger partial charge on any atom is -0.386 e. The number of aliphatic hydroxyl groups is 1. The molecule has 2 aromatic carbocycles. The standard InChI is InChI=1S/C49H58F3N9O6/c1-47(2,66)35-21-37-32(20-38(35)54-44(63)36-7-5-9-41(53-36)49(50,51)52)25-60(56-37)33-12-10-29(11-13-33)23-59-27-48(28-59)22-30(26-67-48)24-58-18-16-31(17-19-58)34-6-4-8-39-43(34)57(3)46(65)61(39)40-14-15-42(62)55-45(40)64/h4-9,20-21,25,29-31,33,40,66H,10-19,22-24,26-28H2,1-3H3,(H,54,63)(H,55,62,64). The lowest BCUT2D eigenvalue weighted by Gasteiger charge is -2.49. The maximum atomic E-state index is 13.5. The number of imidazole rings is 1. The highest BCUT2D eigenvalue weighted by molar-refractivity contribution is 6.04. The fraction of sp³-hybridized carbons (Fsp3) is 0.551. The molecule has 4 saturated heterocycles. The molecule has 0 bridgehead atoms. The zero-order chi connectivity index (χ0) is 47.0. The van der Waals surface area contributed by atoms with Gasteiger partial charge >= 0.3 is 11.9 Å². The van der Waals surface area contributed by atoms with Crippen molar-refractivity contribution in [3.05, 3.63) is 87.7 Å². The number of benzene rings is 2. The van der Waals surface area contributed by atoms with E-state index in [9.17, 15) is 37.5 Å². The molecule has 3 amide bonds. The van der Waals surface area contributed by atoms with Gasteiger partial charge in [0.25, 0.3) is 5.91 Å². The highest BCUT2D eigenvalue weighted by Crippen LogP contribution is 2.42. The Labute approximate surface area is 385 Å². The van der Waals surface area contributed by atoms with Crippen molar-refractivity contribution < 1.29 is 37.4 Å². The SMILES string of the molecule is Cn1c(=O)n(C2CCC(=O)NC2=O)c2cccc(C3CCN(CC4COC5(C4)CN(CC4CCC(n6cc7cc(NC(=O)c8cccc(C(F)(F)F)n8)c(C(C)(C)O)cc7n6)CC4)C5)CC3)c21. The van der Waals surface area contributed by atoms with Gasteiger partial charge in [0.1, 0.15) is 17.4 Å². The summed E-state index contributed by atoms with van der Waals surface area (Å²) in [5.41, 5.74) is 0.877. The van der Waals surface area contributed by atoms with E-state index in [2.05, 4.69) is 31.5 Å². The number of carbonyl (C=O) groups is 3. The lowest BCUT2D eigenvalue weighted by molar-refractivity contribution is -0.141.